The van der Waals surface area contributed by atoms with E-state index < -0.39 is 0 Å². The van der Waals surface area contributed by atoms with Crippen LogP contribution < -0.4 is 5.73 Å². The molecule has 0 heterocycles. The fraction of sp³-hybridized carbons (Fsp3) is 0.875. The molecule has 2 aliphatic rings. The van der Waals surface area contributed by atoms with Crippen LogP contribution in [-0.4, -0.2) is 6.54 Å². The summed E-state index contributed by atoms with van der Waals surface area (Å²) in [6, 6.07) is 0. The minimum absolute atomic E-state index is 0.802. The summed E-state index contributed by atoms with van der Waals surface area (Å²) < 4.78 is 0. The maximum atomic E-state index is 5.98. The van der Waals surface area contributed by atoms with E-state index in [-0.39, 0.29) is 0 Å². The summed E-state index contributed by atoms with van der Waals surface area (Å²) in [5.74, 6) is 2.62. The van der Waals surface area contributed by atoms with E-state index in [4.69, 9.17) is 5.73 Å². The quantitative estimate of drug-likeness (QED) is 0.726. The average Bonchev–Trinajstić information content (AvgIpc) is 2.39. The third-order valence-electron chi connectivity index (χ3n) is 4.88. The zero-order valence-electron chi connectivity index (χ0n) is 11.5. The van der Waals surface area contributed by atoms with Crippen molar-refractivity contribution in [1.82, 2.24) is 0 Å². The number of hydrogen-bond acceptors (Lipinski definition) is 1. The van der Waals surface area contributed by atoms with Crippen molar-refractivity contribution in [1.29, 1.82) is 0 Å². The summed E-state index contributed by atoms with van der Waals surface area (Å²) >= 11 is 0. The van der Waals surface area contributed by atoms with E-state index >= 15 is 0 Å². The van der Waals surface area contributed by atoms with Gasteiger partial charge in [-0.05, 0) is 43.4 Å². The van der Waals surface area contributed by atoms with Gasteiger partial charge in [0.15, 0.2) is 0 Å². The summed E-state index contributed by atoms with van der Waals surface area (Å²) in [5, 5.41) is 0. The van der Waals surface area contributed by atoms with Crippen LogP contribution in [0.4, 0.5) is 0 Å². The van der Waals surface area contributed by atoms with Crippen molar-refractivity contribution in [2.45, 2.75) is 64.7 Å². The normalized spacial score (nSPS) is 32.7. The lowest BCUT2D eigenvalue weighted by Crippen LogP contribution is -2.19. The molecule has 2 fully saturated rings. The van der Waals surface area contributed by atoms with Crippen LogP contribution in [0.3, 0.4) is 0 Å². The molecule has 0 aromatic heterocycles. The van der Waals surface area contributed by atoms with E-state index in [2.05, 4.69) is 13.0 Å². The predicted octanol–water partition coefficient (Wildman–Crippen LogP) is 4.28. The molecule has 2 rings (SSSR count). The van der Waals surface area contributed by atoms with Gasteiger partial charge < -0.3 is 5.73 Å². The molecule has 0 radical (unpaired) electrons. The Bertz CT molecular complexity index is 242. The molecular weight excluding hydrogens is 206 g/mol. The molecule has 0 aromatic rings. The molecule has 0 amide bonds. The molecule has 2 aliphatic carbocycles. The number of nitrogens with two attached hydrogens (primary N) is 1. The van der Waals surface area contributed by atoms with Crippen LogP contribution in [0.25, 0.3) is 0 Å². The van der Waals surface area contributed by atoms with Gasteiger partial charge in [-0.15, -0.1) is 0 Å². The van der Waals surface area contributed by atoms with E-state index in [1.165, 1.54) is 57.8 Å². The highest BCUT2D eigenvalue weighted by Crippen LogP contribution is 2.34. The number of hydrogen-bond donors (Lipinski definition) is 1. The van der Waals surface area contributed by atoms with Crippen molar-refractivity contribution in [2.75, 3.05) is 6.54 Å². The van der Waals surface area contributed by atoms with Gasteiger partial charge in [-0.3, -0.25) is 0 Å². The molecule has 98 valence electrons. The van der Waals surface area contributed by atoms with Crippen molar-refractivity contribution in [3.05, 3.63) is 11.6 Å². The largest absolute Gasteiger partial charge is 0.327 e. The monoisotopic (exact) mass is 235 g/mol. The Morgan fingerprint density at radius 2 is 1.65 bits per heavy atom. The summed E-state index contributed by atoms with van der Waals surface area (Å²) in [4.78, 5) is 0. The van der Waals surface area contributed by atoms with Crippen molar-refractivity contribution >= 4 is 0 Å². The Kier molecular flexibility index (Phi) is 5.09. The zero-order chi connectivity index (χ0) is 12.1. The molecular formula is C16H29N. The maximum Gasteiger partial charge on any atom is 0.0139 e. The molecule has 0 unspecified atom stereocenters. The molecule has 0 spiro atoms. The van der Waals surface area contributed by atoms with Crippen molar-refractivity contribution in [2.24, 2.45) is 23.5 Å². The first kappa shape index (κ1) is 13.1. The Labute approximate surface area is 107 Å². The maximum absolute atomic E-state index is 5.98. The summed E-state index contributed by atoms with van der Waals surface area (Å²) in [6.07, 6.45) is 15.3. The van der Waals surface area contributed by atoms with Gasteiger partial charge in [-0.25, -0.2) is 0 Å². The van der Waals surface area contributed by atoms with Crippen LogP contribution in [0.15, 0.2) is 11.6 Å². The van der Waals surface area contributed by atoms with E-state index in [1.54, 1.807) is 5.57 Å². The Morgan fingerprint density at radius 1 is 1.00 bits per heavy atom. The van der Waals surface area contributed by atoms with E-state index in [0.29, 0.717) is 0 Å². The second kappa shape index (κ2) is 6.58. The Morgan fingerprint density at radius 3 is 2.24 bits per heavy atom. The van der Waals surface area contributed by atoms with Gasteiger partial charge in [0.2, 0.25) is 0 Å². The van der Waals surface area contributed by atoms with E-state index in [9.17, 15) is 0 Å². The van der Waals surface area contributed by atoms with Crippen LogP contribution in [-0.2, 0) is 0 Å². The zero-order valence-corrected chi connectivity index (χ0v) is 11.5. The summed E-state index contributed by atoms with van der Waals surface area (Å²) in [6.45, 7) is 3.20. The van der Waals surface area contributed by atoms with Gasteiger partial charge in [-0.2, -0.15) is 0 Å². The number of allylic oxidation sites excluding steroid dienone is 1. The second-order valence-electron chi connectivity index (χ2n) is 6.30. The number of rotatable bonds is 3. The molecule has 1 heteroatoms. The molecule has 0 aliphatic heterocycles. The lowest BCUT2D eigenvalue weighted by atomic mass is 9.78. The van der Waals surface area contributed by atoms with Gasteiger partial charge in [0.1, 0.15) is 0 Å². The topological polar surface area (TPSA) is 26.0 Å². The van der Waals surface area contributed by atoms with Crippen LogP contribution in [0, 0.1) is 17.8 Å². The first-order valence-electron chi connectivity index (χ1n) is 7.70. The van der Waals surface area contributed by atoms with Crippen LogP contribution in [0.1, 0.15) is 64.7 Å². The van der Waals surface area contributed by atoms with E-state index in [1.807, 2.05) is 0 Å². The van der Waals surface area contributed by atoms with Gasteiger partial charge in [0, 0.05) is 6.54 Å². The molecule has 0 aromatic carbocycles. The van der Waals surface area contributed by atoms with Crippen molar-refractivity contribution in [3.63, 3.8) is 0 Å². The smallest absolute Gasteiger partial charge is 0.0139 e. The standard InChI is InChI=1S/C16H29N/c1-13-7-9-14(10-8-13)11-16(12-17)15-5-3-2-4-6-15/h11,13-15H,2-10,12,17H2,1H3/b16-11-. The third kappa shape index (κ3) is 3.84. The summed E-state index contributed by atoms with van der Waals surface area (Å²) in [7, 11) is 0. The third-order valence-corrected chi connectivity index (χ3v) is 4.88. The van der Waals surface area contributed by atoms with Crippen LogP contribution >= 0.6 is 0 Å². The van der Waals surface area contributed by atoms with Gasteiger partial charge in [-0.1, -0.05) is 50.7 Å². The molecule has 2 N–H and O–H groups in total. The minimum atomic E-state index is 0.802. The van der Waals surface area contributed by atoms with Gasteiger partial charge >= 0.3 is 0 Å². The highest BCUT2D eigenvalue weighted by Gasteiger charge is 2.20. The van der Waals surface area contributed by atoms with Crippen molar-refractivity contribution < 1.29 is 0 Å². The fourth-order valence-electron chi connectivity index (χ4n) is 3.60. The SMILES string of the molecule is CC1CCC(/C=C(/CN)C2CCCCC2)CC1. The molecule has 0 atom stereocenters. The lowest BCUT2D eigenvalue weighted by molar-refractivity contribution is 0.325. The van der Waals surface area contributed by atoms with Gasteiger partial charge in [0.05, 0.1) is 0 Å². The van der Waals surface area contributed by atoms with Crippen LogP contribution in [0.5, 0.6) is 0 Å². The average molecular weight is 235 g/mol. The molecule has 1 nitrogen and oxygen atoms in total. The first-order valence-corrected chi connectivity index (χ1v) is 7.70. The van der Waals surface area contributed by atoms with Gasteiger partial charge in [0.25, 0.3) is 0 Å². The molecule has 2 saturated carbocycles. The Hall–Kier alpha value is -0.300. The van der Waals surface area contributed by atoms with Crippen molar-refractivity contribution in [3.8, 4) is 0 Å². The highest BCUT2D eigenvalue weighted by atomic mass is 14.5. The molecule has 0 bridgehead atoms. The highest BCUT2D eigenvalue weighted by molar-refractivity contribution is 5.11. The fourth-order valence-corrected chi connectivity index (χ4v) is 3.60. The molecule has 0 saturated heterocycles. The first-order chi connectivity index (χ1) is 8.29. The van der Waals surface area contributed by atoms with E-state index in [0.717, 1.165) is 24.3 Å². The minimum Gasteiger partial charge on any atom is -0.327 e. The summed E-state index contributed by atoms with van der Waals surface area (Å²) in [5.41, 5.74) is 7.57. The Balaban J connectivity index is 1.91. The lowest BCUT2D eigenvalue weighted by Gasteiger charge is -2.28. The predicted molar refractivity (Wildman–Crippen MR) is 74.8 cm³/mol. The van der Waals surface area contributed by atoms with Crippen LogP contribution in [0.2, 0.25) is 0 Å². The second-order valence-corrected chi connectivity index (χ2v) is 6.30. The molecule has 17 heavy (non-hydrogen) atoms.